The number of imidazole rings is 1. The number of halogens is 4. The molecular formula is C32H36F4N8. The average molecular weight is 609 g/mol. The van der Waals surface area contributed by atoms with Gasteiger partial charge in [-0.05, 0) is 94.0 Å². The standard InChI is InChI=1S/C32H36F4N8/c1-2-42-11-7-32(8-12-42)9-13-43(14-10-32)19-20-3-5-26(37-17-20)39-31-38-18-23(34)28(41-31)21-15-22(33)29-25(16-21)44-24(30(35)36)4-6-27(44)40-29/h3,5,15-18,24,30H,2,4,6-14,19H2,1H3,(H,37,38,39,41)/t24-/m0/s1. The smallest absolute Gasteiger partial charge is 0.259 e. The highest BCUT2D eigenvalue weighted by molar-refractivity contribution is 5.83. The number of alkyl halides is 2. The summed E-state index contributed by atoms with van der Waals surface area (Å²) in [4.78, 5) is 22.1. The van der Waals surface area contributed by atoms with Crippen LogP contribution in [0, 0.1) is 17.0 Å². The number of likely N-dealkylation sites (tertiary alicyclic amines) is 2. The van der Waals surface area contributed by atoms with Crippen molar-refractivity contribution < 1.29 is 17.6 Å². The monoisotopic (exact) mass is 608 g/mol. The molecule has 4 aromatic rings. The van der Waals surface area contributed by atoms with E-state index in [1.807, 2.05) is 18.3 Å². The number of piperidine rings is 2. The number of aryl methyl sites for hydroxylation is 1. The lowest BCUT2D eigenvalue weighted by Gasteiger charge is -2.46. The van der Waals surface area contributed by atoms with E-state index in [1.54, 1.807) is 0 Å². The van der Waals surface area contributed by atoms with Crippen molar-refractivity contribution in [3.8, 4) is 11.3 Å². The Hall–Kier alpha value is -3.64. The highest BCUT2D eigenvalue weighted by Gasteiger charge is 2.37. The molecule has 3 aromatic heterocycles. The van der Waals surface area contributed by atoms with E-state index in [-0.39, 0.29) is 34.7 Å². The predicted octanol–water partition coefficient (Wildman–Crippen LogP) is 6.36. The second-order valence-corrected chi connectivity index (χ2v) is 12.4. The molecule has 0 unspecified atom stereocenters. The highest BCUT2D eigenvalue weighted by Crippen LogP contribution is 2.41. The van der Waals surface area contributed by atoms with Crippen LogP contribution in [0.4, 0.5) is 29.3 Å². The fourth-order valence-electron chi connectivity index (χ4n) is 7.15. The molecule has 0 saturated carbocycles. The topological polar surface area (TPSA) is 75.0 Å². The number of nitrogens with one attached hydrogen (secondary N) is 1. The molecule has 0 bridgehead atoms. The number of hydrogen-bond donors (Lipinski definition) is 1. The van der Waals surface area contributed by atoms with Gasteiger partial charge in [-0.1, -0.05) is 13.0 Å². The van der Waals surface area contributed by atoms with E-state index in [1.165, 1.54) is 49.4 Å². The number of pyridine rings is 1. The number of rotatable bonds is 7. The number of aromatic nitrogens is 5. The maximum atomic E-state index is 15.1. The van der Waals surface area contributed by atoms with Gasteiger partial charge < -0.3 is 14.8 Å². The molecule has 3 aliphatic rings. The van der Waals surface area contributed by atoms with Crippen molar-refractivity contribution in [2.75, 3.05) is 38.0 Å². The molecule has 1 spiro atoms. The molecule has 3 aliphatic heterocycles. The quantitative estimate of drug-likeness (QED) is 0.245. The molecule has 0 amide bonds. The number of benzene rings is 1. The van der Waals surface area contributed by atoms with E-state index in [0.717, 1.165) is 44.0 Å². The van der Waals surface area contributed by atoms with Gasteiger partial charge in [0.25, 0.3) is 6.43 Å². The Labute approximate surface area is 253 Å². The Morgan fingerprint density at radius 3 is 2.36 bits per heavy atom. The Balaban J connectivity index is 1.03. The molecular weight excluding hydrogens is 572 g/mol. The number of fused-ring (bicyclic) bond motifs is 3. The average Bonchev–Trinajstić information content (AvgIpc) is 3.61. The zero-order valence-electron chi connectivity index (χ0n) is 24.7. The fraction of sp³-hybridized carbons (Fsp3) is 0.500. The van der Waals surface area contributed by atoms with E-state index in [2.05, 4.69) is 42.0 Å². The van der Waals surface area contributed by atoms with Crippen LogP contribution in [-0.2, 0) is 13.0 Å². The zero-order valence-corrected chi connectivity index (χ0v) is 24.7. The third-order valence-corrected chi connectivity index (χ3v) is 9.88. The van der Waals surface area contributed by atoms with Crippen LogP contribution in [-0.4, -0.2) is 73.5 Å². The molecule has 1 aromatic carbocycles. The SMILES string of the molecule is CCN1CCC2(CC1)CCN(Cc1ccc(Nc3ncc(F)c(-c4cc(F)c5nc6n(c5c4)[C@H](C(F)F)CC6)n3)nc1)CC2. The van der Waals surface area contributed by atoms with Crippen LogP contribution >= 0.6 is 0 Å². The predicted molar refractivity (Wildman–Crippen MR) is 160 cm³/mol. The summed E-state index contributed by atoms with van der Waals surface area (Å²) in [6.45, 7) is 8.84. The maximum absolute atomic E-state index is 15.1. The van der Waals surface area contributed by atoms with Gasteiger partial charge in [0.05, 0.1) is 17.8 Å². The first-order valence-electron chi connectivity index (χ1n) is 15.5. The third-order valence-electron chi connectivity index (χ3n) is 9.88. The summed E-state index contributed by atoms with van der Waals surface area (Å²) in [5.74, 6) is -0.507. The summed E-state index contributed by atoms with van der Waals surface area (Å²) in [5.41, 5.74) is 1.77. The summed E-state index contributed by atoms with van der Waals surface area (Å²) in [6, 6.07) is 5.34. The van der Waals surface area contributed by atoms with Gasteiger partial charge in [0, 0.05) is 24.7 Å². The lowest BCUT2D eigenvalue weighted by molar-refractivity contribution is 0.0340. The van der Waals surface area contributed by atoms with Crippen molar-refractivity contribution in [3.63, 3.8) is 0 Å². The Morgan fingerprint density at radius 2 is 1.68 bits per heavy atom. The summed E-state index contributed by atoms with van der Waals surface area (Å²) >= 11 is 0. The van der Waals surface area contributed by atoms with Crippen molar-refractivity contribution in [1.29, 1.82) is 0 Å². The zero-order chi connectivity index (χ0) is 30.4. The Bertz CT molecular complexity index is 1640. The van der Waals surface area contributed by atoms with Gasteiger partial charge >= 0.3 is 0 Å². The maximum Gasteiger partial charge on any atom is 0.259 e. The molecule has 1 N–H and O–H groups in total. The van der Waals surface area contributed by atoms with Crippen molar-refractivity contribution in [2.24, 2.45) is 5.41 Å². The summed E-state index contributed by atoms with van der Waals surface area (Å²) in [7, 11) is 0. The van der Waals surface area contributed by atoms with Crippen LogP contribution in [0.2, 0.25) is 0 Å². The minimum atomic E-state index is -2.62. The third kappa shape index (κ3) is 5.53. The second kappa shape index (κ2) is 11.7. The molecule has 2 fully saturated rings. The molecule has 2 saturated heterocycles. The molecule has 12 heteroatoms. The Kier molecular flexibility index (Phi) is 7.74. The first kappa shape index (κ1) is 29.1. The lowest BCUT2D eigenvalue weighted by Crippen LogP contribution is -2.46. The lowest BCUT2D eigenvalue weighted by atomic mass is 9.71. The van der Waals surface area contributed by atoms with E-state index in [4.69, 9.17) is 0 Å². The second-order valence-electron chi connectivity index (χ2n) is 12.4. The molecule has 44 heavy (non-hydrogen) atoms. The summed E-state index contributed by atoms with van der Waals surface area (Å²) in [5, 5.41) is 3.00. The fourth-order valence-corrected chi connectivity index (χ4v) is 7.15. The minimum absolute atomic E-state index is 0.00689. The molecule has 0 aliphatic carbocycles. The van der Waals surface area contributed by atoms with Gasteiger partial charge in [0.2, 0.25) is 5.95 Å². The van der Waals surface area contributed by atoms with Gasteiger partial charge in [-0.3, -0.25) is 4.90 Å². The van der Waals surface area contributed by atoms with Crippen LogP contribution in [0.5, 0.6) is 0 Å². The van der Waals surface area contributed by atoms with Crippen LogP contribution < -0.4 is 5.32 Å². The number of nitrogens with zero attached hydrogens (tertiary/aromatic N) is 7. The van der Waals surface area contributed by atoms with Crippen LogP contribution in [0.1, 0.15) is 56.5 Å². The van der Waals surface area contributed by atoms with Crippen LogP contribution in [0.25, 0.3) is 22.3 Å². The van der Waals surface area contributed by atoms with E-state index in [9.17, 15) is 13.2 Å². The number of anilines is 2. The Morgan fingerprint density at radius 1 is 0.932 bits per heavy atom. The van der Waals surface area contributed by atoms with Crippen molar-refractivity contribution in [3.05, 3.63) is 59.7 Å². The molecule has 1 atom stereocenters. The molecule has 232 valence electrons. The first-order chi connectivity index (χ1) is 21.3. The van der Waals surface area contributed by atoms with Crippen molar-refractivity contribution in [1.82, 2.24) is 34.3 Å². The van der Waals surface area contributed by atoms with E-state index < -0.39 is 24.1 Å². The molecule has 8 nitrogen and oxygen atoms in total. The van der Waals surface area contributed by atoms with Gasteiger partial charge in [-0.25, -0.2) is 37.5 Å². The van der Waals surface area contributed by atoms with Gasteiger partial charge in [-0.15, -0.1) is 0 Å². The van der Waals surface area contributed by atoms with Crippen molar-refractivity contribution in [2.45, 2.75) is 64.5 Å². The van der Waals surface area contributed by atoms with E-state index in [0.29, 0.717) is 23.5 Å². The first-order valence-corrected chi connectivity index (χ1v) is 15.5. The minimum Gasteiger partial charge on any atom is -0.319 e. The summed E-state index contributed by atoms with van der Waals surface area (Å²) in [6.07, 6.45) is 5.85. The summed E-state index contributed by atoms with van der Waals surface area (Å²) < 4.78 is 58.7. The van der Waals surface area contributed by atoms with Crippen LogP contribution in [0.3, 0.4) is 0 Å². The van der Waals surface area contributed by atoms with Crippen molar-refractivity contribution >= 4 is 22.8 Å². The molecule has 7 rings (SSSR count). The highest BCUT2D eigenvalue weighted by atomic mass is 19.3. The van der Waals surface area contributed by atoms with Crippen LogP contribution in [0.15, 0.2) is 36.7 Å². The van der Waals surface area contributed by atoms with Gasteiger partial charge in [0.1, 0.15) is 22.9 Å². The molecule has 0 radical (unpaired) electrons. The largest absolute Gasteiger partial charge is 0.319 e. The number of hydrogen-bond acceptors (Lipinski definition) is 7. The van der Waals surface area contributed by atoms with Gasteiger partial charge in [0.15, 0.2) is 11.6 Å². The normalized spacial score (nSPS) is 20.5. The van der Waals surface area contributed by atoms with E-state index >= 15 is 4.39 Å². The molecule has 6 heterocycles. The van der Waals surface area contributed by atoms with Gasteiger partial charge in [-0.2, -0.15) is 0 Å².